The number of aromatic nitrogens is 4. The van der Waals surface area contributed by atoms with E-state index in [1.54, 1.807) is 0 Å². The van der Waals surface area contributed by atoms with Gasteiger partial charge in [-0.25, -0.2) is 9.97 Å². The van der Waals surface area contributed by atoms with Crippen LogP contribution in [0.1, 0.15) is 0 Å². The van der Waals surface area contributed by atoms with Crippen molar-refractivity contribution in [2.24, 2.45) is 0 Å². The van der Waals surface area contributed by atoms with E-state index in [-0.39, 0.29) is 0 Å². The predicted molar refractivity (Wildman–Crippen MR) is 333 cm³/mol. The van der Waals surface area contributed by atoms with Crippen LogP contribution in [0.2, 0.25) is 0 Å². The molecule has 0 bridgehead atoms. The normalized spacial score (nSPS) is 11.5. The van der Waals surface area contributed by atoms with Gasteiger partial charge in [0.05, 0.1) is 16.6 Å². The van der Waals surface area contributed by atoms with E-state index >= 15 is 0 Å². The van der Waals surface area contributed by atoms with Gasteiger partial charge < -0.3 is 0 Å². The maximum Gasteiger partial charge on any atom is 0.292 e. The molecule has 0 spiro atoms. The number of hydrogen-bond acceptors (Lipinski definition) is 1. The van der Waals surface area contributed by atoms with Gasteiger partial charge in [0, 0.05) is 11.3 Å². The molecule has 0 radical (unpaired) electrons. The lowest BCUT2D eigenvalue weighted by Gasteiger charge is -2.21. The molecule has 0 atom stereocenters. The number of benzene rings is 13. The third-order valence-corrected chi connectivity index (χ3v) is 15.8. The summed E-state index contributed by atoms with van der Waals surface area (Å²) in [6.07, 6.45) is 0. The first kappa shape index (κ1) is 46.6. The number of H-pyrrole nitrogens is 1. The Labute approximate surface area is 464 Å². The van der Waals surface area contributed by atoms with Crippen LogP contribution in [0.25, 0.3) is 145 Å². The number of nitrogens with zero attached hydrogens (tertiary/aromatic N) is 3. The van der Waals surface area contributed by atoms with Gasteiger partial charge in [-0.1, -0.05) is 224 Å². The van der Waals surface area contributed by atoms with Crippen molar-refractivity contribution >= 4 is 43.6 Å². The SMILES string of the molecule is c1ccc(-c2cccc(-c3c4cc(-c5ccc(-c6nc7ccccc7n6-c6ccccc6)cc5)ccc4c(-c4ccccc4-c4ccccc4)c4cc(-c5ccc(-c6[nH]c7ccccc7[n+]6-c6ccccc6)cc5)ccc34)c2)cc1. The molecule has 0 aliphatic rings. The third kappa shape index (κ3) is 8.17. The molecule has 13 aromatic carbocycles. The van der Waals surface area contributed by atoms with Gasteiger partial charge in [-0.15, -0.1) is 0 Å². The first-order valence-electron chi connectivity index (χ1n) is 27.4. The molecule has 4 heteroatoms. The number of para-hydroxylation sites is 6. The van der Waals surface area contributed by atoms with Crippen LogP contribution in [0, 0.1) is 0 Å². The summed E-state index contributed by atoms with van der Waals surface area (Å²) in [6.45, 7) is 0. The maximum atomic E-state index is 5.20. The molecule has 0 amide bonds. The Morgan fingerprint density at radius 1 is 0.312 bits per heavy atom. The molecule has 15 rings (SSSR count). The van der Waals surface area contributed by atoms with Crippen molar-refractivity contribution in [1.82, 2.24) is 14.5 Å². The Morgan fingerprint density at radius 2 is 0.800 bits per heavy atom. The van der Waals surface area contributed by atoms with E-state index < -0.39 is 0 Å². The average Bonchev–Trinajstić information content (AvgIpc) is 4.20. The Morgan fingerprint density at radius 3 is 1.51 bits per heavy atom. The van der Waals surface area contributed by atoms with Crippen molar-refractivity contribution in [3.8, 4) is 101 Å². The molecule has 2 heterocycles. The summed E-state index contributed by atoms with van der Waals surface area (Å²) < 4.78 is 4.59. The topological polar surface area (TPSA) is 37.5 Å². The fourth-order valence-electron chi connectivity index (χ4n) is 12.1. The number of aromatic amines is 1. The average molecular weight is 1020 g/mol. The van der Waals surface area contributed by atoms with Gasteiger partial charge in [0.15, 0.2) is 11.0 Å². The highest BCUT2D eigenvalue weighted by Gasteiger charge is 2.24. The number of nitrogens with one attached hydrogen (secondary N) is 1. The summed E-state index contributed by atoms with van der Waals surface area (Å²) in [5.74, 6) is 1.95. The van der Waals surface area contributed by atoms with E-state index in [0.29, 0.717) is 0 Å². The van der Waals surface area contributed by atoms with Crippen LogP contribution in [-0.2, 0) is 0 Å². The highest BCUT2D eigenvalue weighted by Crippen LogP contribution is 2.49. The van der Waals surface area contributed by atoms with Crippen LogP contribution in [0.4, 0.5) is 0 Å². The van der Waals surface area contributed by atoms with Crippen LogP contribution in [0.15, 0.2) is 303 Å². The number of rotatable bonds is 10. The van der Waals surface area contributed by atoms with E-state index in [2.05, 4.69) is 317 Å². The minimum atomic E-state index is 0.914. The molecule has 0 saturated carbocycles. The highest BCUT2D eigenvalue weighted by atomic mass is 15.1. The van der Waals surface area contributed by atoms with Crippen LogP contribution in [0.5, 0.6) is 0 Å². The van der Waals surface area contributed by atoms with Gasteiger partial charge >= 0.3 is 0 Å². The number of fused-ring (bicyclic) bond motifs is 4. The van der Waals surface area contributed by atoms with Crippen molar-refractivity contribution in [2.45, 2.75) is 0 Å². The molecule has 2 aromatic heterocycles. The Balaban J connectivity index is 0.936. The van der Waals surface area contributed by atoms with Gasteiger partial charge in [-0.3, -0.25) is 4.57 Å². The molecule has 0 aliphatic heterocycles. The van der Waals surface area contributed by atoms with Crippen molar-refractivity contribution in [3.05, 3.63) is 303 Å². The zero-order chi connectivity index (χ0) is 52.9. The molecule has 0 saturated heterocycles. The number of imidazole rings is 2. The smallest absolute Gasteiger partial charge is 0.292 e. The molecule has 0 aliphatic carbocycles. The molecular weight excluding hydrogens is 969 g/mol. The van der Waals surface area contributed by atoms with Crippen molar-refractivity contribution < 1.29 is 4.57 Å². The maximum absolute atomic E-state index is 5.20. The minimum absolute atomic E-state index is 0.914. The summed E-state index contributed by atoms with van der Waals surface area (Å²) in [5.41, 5.74) is 22.7. The second-order valence-corrected chi connectivity index (χ2v) is 20.5. The monoisotopic (exact) mass is 1020 g/mol. The van der Waals surface area contributed by atoms with Gasteiger partial charge in [0.1, 0.15) is 11.5 Å². The summed E-state index contributed by atoms with van der Waals surface area (Å²) in [5, 5.41) is 4.76. The van der Waals surface area contributed by atoms with Crippen molar-refractivity contribution in [3.63, 3.8) is 0 Å². The molecule has 0 fully saturated rings. The molecule has 1 N–H and O–H groups in total. The number of hydrogen-bond donors (Lipinski definition) is 1. The molecule has 15 aromatic rings. The molecule has 80 heavy (non-hydrogen) atoms. The second kappa shape index (κ2) is 19.7. The van der Waals surface area contributed by atoms with E-state index in [4.69, 9.17) is 4.98 Å². The third-order valence-electron chi connectivity index (χ3n) is 15.8. The fraction of sp³-hybridized carbons (Fsp3) is 0. The van der Waals surface area contributed by atoms with Crippen LogP contribution >= 0.6 is 0 Å². The van der Waals surface area contributed by atoms with E-state index in [9.17, 15) is 0 Å². The summed E-state index contributed by atoms with van der Waals surface area (Å²) in [7, 11) is 0. The summed E-state index contributed by atoms with van der Waals surface area (Å²) in [4.78, 5) is 8.95. The minimum Gasteiger partial charge on any atom is -0.292 e. The molecule has 374 valence electrons. The van der Waals surface area contributed by atoms with E-state index in [1.807, 2.05) is 0 Å². The van der Waals surface area contributed by atoms with Crippen molar-refractivity contribution in [2.75, 3.05) is 0 Å². The van der Waals surface area contributed by atoms with Crippen LogP contribution in [-0.4, -0.2) is 14.5 Å². The highest BCUT2D eigenvalue weighted by molar-refractivity contribution is 6.23. The second-order valence-electron chi connectivity index (χ2n) is 20.5. The Hall–Kier alpha value is -10.7. The van der Waals surface area contributed by atoms with E-state index in [0.717, 1.165) is 78.5 Å². The zero-order valence-electron chi connectivity index (χ0n) is 43.7. The van der Waals surface area contributed by atoms with Crippen molar-refractivity contribution in [1.29, 1.82) is 0 Å². The zero-order valence-corrected chi connectivity index (χ0v) is 43.7. The van der Waals surface area contributed by atoms with Gasteiger partial charge in [-0.2, -0.15) is 4.57 Å². The molecule has 4 nitrogen and oxygen atoms in total. The first-order valence-corrected chi connectivity index (χ1v) is 27.4. The van der Waals surface area contributed by atoms with Crippen LogP contribution in [0.3, 0.4) is 0 Å². The first-order chi connectivity index (χ1) is 39.7. The largest absolute Gasteiger partial charge is 0.292 e. The molecule has 0 unspecified atom stereocenters. The van der Waals surface area contributed by atoms with E-state index in [1.165, 1.54) is 66.1 Å². The van der Waals surface area contributed by atoms with Gasteiger partial charge in [0.2, 0.25) is 0 Å². The van der Waals surface area contributed by atoms with Gasteiger partial charge in [-0.05, 0) is 167 Å². The quantitative estimate of drug-likeness (QED) is 0.108. The summed E-state index contributed by atoms with van der Waals surface area (Å²) in [6, 6.07) is 110. The predicted octanol–water partition coefficient (Wildman–Crippen LogP) is 19.4. The lowest BCUT2D eigenvalue weighted by Crippen LogP contribution is -2.31. The Kier molecular flexibility index (Phi) is 11.5. The van der Waals surface area contributed by atoms with Crippen LogP contribution < -0.4 is 4.57 Å². The van der Waals surface area contributed by atoms with Gasteiger partial charge in [0.25, 0.3) is 5.82 Å². The fourth-order valence-corrected chi connectivity index (χ4v) is 12.1. The molecular formula is C76H51N4+. The summed E-state index contributed by atoms with van der Waals surface area (Å²) >= 11 is 0. The standard InChI is InChI=1S/C76H50N4/c1-5-20-51(21-6-1)57-24-19-25-60(48-57)73-65-46-44-59(53-38-42-56(43-39-53)76-78-70-33-16-18-35-72(70)80(76)62-28-11-4-12-29-62)50-68(65)74(64-31-14-13-30-63(64)54-22-7-2-8-23-54)66-47-45-58(49-67(66)73)52-36-40-55(41-37-52)75-77-69-32-15-17-34-71(69)79(75)61-26-9-3-10-27-61/h1-50H/p+1. The lowest BCUT2D eigenvalue weighted by molar-refractivity contribution is -0.554. The Bertz CT molecular complexity index is 4770. The lowest BCUT2D eigenvalue weighted by atomic mass is 9.82.